The van der Waals surface area contributed by atoms with E-state index in [9.17, 15) is 9.59 Å². The molecular formula is C24H23N3O4S. The zero-order valence-corrected chi connectivity index (χ0v) is 18.5. The second kappa shape index (κ2) is 8.70. The van der Waals surface area contributed by atoms with Crippen LogP contribution in [0.5, 0.6) is 11.5 Å². The quantitative estimate of drug-likeness (QED) is 0.443. The van der Waals surface area contributed by atoms with E-state index in [0.717, 1.165) is 42.2 Å². The molecule has 0 fully saturated rings. The number of hydrogen-bond donors (Lipinski definition) is 1. The van der Waals surface area contributed by atoms with Crippen molar-refractivity contribution in [3.63, 3.8) is 0 Å². The third kappa shape index (κ3) is 3.98. The summed E-state index contributed by atoms with van der Waals surface area (Å²) in [6.45, 7) is 1.57. The first-order valence-corrected chi connectivity index (χ1v) is 11.6. The summed E-state index contributed by atoms with van der Waals surface area (Å²) >= 11 is 1.40. The summed E-state index contributed by atoms with van der Waals surface area (Å²) in [5.41, 5.74) is 4.24. The van der Waals surface area contributed by atoms with Crippen LogP contribution in [0.1, 0.15) is 41.5 Å². The lowest BCUT2D eigenvalue weighted by molar-refractivity contribution is -0.113. The molecule has 2 heterocycles. The van der Waals surface area contributed by atoms with Gasteiger partial charge in [0.25, 0.3) is 0 Å². The Morgan fingerprint density at radius 3 is 2.62 bits per heavy atom. The fourth-order valence-electron chi connectivity index (χ4n) is 4.11. The molecule has 1 aliphatic heterocycles. The molecule has 0 atom stereocenters. The molecule has 0 spiro atoms. The monoisotopic (exact) mass is 449 g/mol. The number of benzene rings is 2. The number of thioether (sulfide) groups is 1. The number of amides is 1. The molecule has 3 aromatic rings. The van der Waals surface area contributed by atoms with E-state index in [1.807, 2.05) is 18.2 Å². The third-order valence-electron chi connectivity index (χ3n) is 5.61. The molecule has 1 N–H and O–H groups in total. The predicted octanol–water partition coefficient (Wildman–Crippen LogP) is 4.41. The van der Waals surface area contributed by atoms with Crippen LogP contribution in [-0.4, -0.2) is 33.8 Å². The highest BCUT2D eigenvalue weighted by atomic mass is 32.2. The van der Waals surface area contributed by atoms with E-state index in [1.54, 1.807) is 12.1 Å². The van der Waals surface area contributed by atoms with Crippen LogP contribution >= 0.6 is 11.8 Å². The number of anilines is 1. The highest BCUT2D eigenvalue weighted by Crippen LogP contribution is 2.37. The van der Waals surface area contributed by atoms with Gasteiger partial charge in [-0.25, -0.2) is 4.98 Å². The Morgan fingerprint density at radius 2 is 1.84 bits per heavy atom. The second-order valence-electron chi connectivity index (χ2n) is 7.81. The lowest BCUT2D eigenvalue weighted by Crippen LogP contribution is -2.16. The number of ether oxygens (including phenoxy) is 2. The van der Waals surface area contributed by atoms with Gasteiger partial charge in [-0.2, -0.15) is 0 Å². The molecule has 2 aliphatic rings. The Kier molecular flexibility index (Phi) is 5.61. The first-order valence-electron chi connectivity index (χ1n) is 10.6. The van der Waals surface area contributed by atoms with E-state index in [-0.39, 0.29) is 24.2 Å². The van der Waals surface area contributed by atoms with Crippen LogP contribution in [-0.2, 0) is 17.6 Å². The lowest BCUT2D eigenvalue weighted by atomic mass is 10.0. The molecule has 7 nitrogen and oxygen atoms in total. The second-order valence-corrected chi connectivity index (χ2v) is 8.75. The van der Waals surface area contributed by atoms with Crippen molar-refractivity contribution in [1.29, 1.82) is 0 Å². The van der Waals surface area contributed by atoms with Gasteiger partial charge < -0.3 is 14.8 Å². The average Bonchev–Trinajstić information content (AvgIpc) is 3.41. The molecule has 0 unspecified atom stereocenters. The van der Waals surface area contributed by atoms with Crippen molar-refractivity contribution in [3.8, 4) is 17.2 Å². The van der Waals surface area contributed by atoms with E-state index in [4.69, 9.17) is 14.5 Å². The topological polar surface area (TPSA) is 82.5 Å². The largest absolute Gasteiger partial charge is 0.454 e. The van der Waals surface area contributed by atoms with Crippen LogP contribution in [0.4, 0.5) is 5.69 Å². The average molecular weight is 450 g/mol. The highest BCUT2D eigenvalue weighted by Gasteiger charge is 2.23. The molecule has 1 aliphatic carbocycles. The number of para-hydroxylation sites is 1. The molecule has 8 heteroatoms. The molecule has 2 aromatic carbocycles. The number of nitrogens with one attached hydrogen (secondary N) is 1. The van der Waals surface area contributed by atoms with E-state index < -0.39 is 0 Å². The number of carbonyl (C=O) groups is 2. The van der Waals surface area contributed by atoms with Crippen molar-refractivity contribution in [1.82, 2.24) is 9.55 Å². The van der Waals surface area contributed by atoms with Gasteiger partial charge in [0, 0.05) is 23.0 Å². The van der Waals surface area contributed by atoms with Crippen LogP contribution in [0.25, 0.3) is 5.69 Å². The van der Waals surface area contributed by atoms with E-state index in [1.165, 1.54) is 24.4 Å². The van der Waals surface area contributed by atoms with Crippen molar-refractivity contribution in [2.45, 2.75) is 37.8 Å². The smallest absolute Gasteiger partial charge is 0.234 e. The zero-order chi connectivity index (χ0) is 22.1. The third-order valence-corrected chi connectivity index (χ3v) is 6.55. The SMILES string of the molecule is CC(=O)c1cc2c(cc1NC(=O)CSc1nc3c(n1-c1ccccc1)CCCC3)OCO2. The number of aromatic nitrogens is 2. The summed E-state index contributed by atoms with van der Waals surface area (Å²) in [4.78, 5) is 29.7. The molecule has 1 amide bonds. The van der Waals surface area contributed by atoms with Crippen LogP contribution in [0.2, 0.25) is 0 Å². The summed E-state index contributed by atoms with van der Waals surface area (Å²) in [6, 6.07) is 13.4. The number of rotatable bonds is 6. The summed E-state index contributed by atoms with van der Waals surface area (Å²) in [5.74, 6) is 0.841. The van der Waals surface area contributed by atoms with Crippen molar-refractivity contribution < 1.29 is 19.1 Å². The molecule has 0 bridgehead atoms. The Hall–Kier alpha value is -3.26. The molecular weight excluding hydrogens is 426 g/mol. The van der Waals surface area contributed by atoms with E-state index >= 15 is 0 Å². The normalized spacial score (nSPS) is 14.2. The van der Waals surface area contributed by atoms with Crippen molar-refractivity contribution >= 4 is 29.1 Å². The number of ketones is 1. The van der Waals surface area contributed by atoms with Crippen molar-refractivity contribution in [2.75, 3.05) is 17.9 Å². The van der Waals surface area contributed by atoms with Gasteiger partial charge in [-0.05, 0) is 50.8 Å². The maximum absolute atomic E-state index is 12.8. The number of imidazole rings is 1. The minimum atomic E-state index is -0.211. The Morgan fingerprint density at radius 1 is 1.09 bits per heavy atom. The summed E-state index contributed by atoms with van der Waals surface area (Å²) in [7, 11) is 0. The first kappa shape index (κ1) is 20.6. The number of nitrogens with zero attached hydrogens (tertiary/aromatic N) is 2. The van der Waals surface area contributed by atoms with E-state index in [0.29, 0.717) is 22.7 Å². The standard InChI is InChI=1S/C24H23N3O4S/c1-15(28)17-11-21-22(31-14-30-21)12-19(17)25-23(29)13-32-24-26-18-9-5-6-10-20(18)27(24)16-7-3-2-4-8-16/h2-4,7-8,11-12H,5-6,9-10,13-14H2,1H3,(H,25,29). The molecule has 5 rings (SSSR count). The minimum Gasteiger partial charge on any atom is -0.454 e. The van der Waals surface area contributed by atoms with Gasteiger partial charge >= 0.3 is 0 Å². The van der Waals surface area contributed by atoms with Gasteiger partial charge in [0.15, 0.2) is 22.4 Å². The van der Waals surface area contributed by atoms with Crippen molar-refractivity contribution in [2.24, 2.45) is 0 Å². The van der Waals surface area contributed by atoms with Crippen LogP contribution in [0.3, 0.4) is 0 Å². The fourth-order valence-corrected chi connectivity index (χ4v) is 4.96. The van der Waals surface area contributed by atoms with Gasteiger partial charge in [0.05, 0.1) is 17.1 Å². The van der Waals surface area contributed by atoms with Crippen LogP contribution < -0.4 is 14.8 Å². The molecule has 32 heavy (non-hydrogen) atoms. The number of fused-ring (bicyclic) bond motifs is 2. The Bertz CT molecular complexity index is 1190. The number of Topliss-reactive ketones (excluding diaryl/α,β-unsaturated/α-hetero) is 1. The summed E-state index contributed by atoms with van der Waals surface area (Å²) in [5, 5.41) is 3.68. The zero-order valence-electron chi connectivity index (χ0n) is 17.7. The van der Waals surface area contributed by atoms with Gasteiger partial charge in [-0.3, -0.25) is 14.2 Å². The molecule has 0 radical (unpaired) electrons. The fraction of sp³-hybridized carbons (Fsp3) is 0.292. The highest BCUT2D eigenvalue weighted by molar-refractivity contribution is 7.99. The summed E-state index contributed by atoms with van der Waals surface area (Å²) in [6.07, 6.45) is 4.24. The van der Waals surface area contributed by atoms with Crippen molar-refractivity contribution in [3.05, 3.63) is 59.4 Å². The number of carbonyl (C=O) groups excluding carboxylic acids is 2. The van der Waals surface area contributed by atoms with Gasteiger partial charge in [-0.1, -0.05) is 30.0 Å². The van der Waals surface area contributed by atoms with Gasteiger partial charge in [0.1, 0.15) is 0 Å². The minimum absolute atomic E-state index is 0.104. The maximum atomic E-state index is 12.8. The maximum Gasteiger partial charge on any atom is 0.234 e. The predicted molar refractivity (Wildman–Crippen MR) is 122 cm³/mol. The first-order chi connectivity index (χ1) is 15.6. The van der Waals surface area contributed by atoms with Crippen LogP contribution in [0.15, 0.2) is 47.6 Å². The molecule has 0 saturated carbocycles. The Labute approximate surface area is 190 Å². The molecule has 164 valence electrons. The van der Waals surface area contributed by atoms with E-state index in [2.05, 4.69) is 22.0 Å². The van der Waals surface area contributed by atoms with Crippen LogP contribution in [0, 0.1) is 0 Å². The van der Waals surface area contributed by atoms with Gasteiger partial charge in [-0.15, -0.1) is 0 Å². The molecule has 0 saturated heterocycles. The molecule has 1 aromatic heterocycles. The number of aryl methyl sites for hydroxylation is 1. The Balaban J connectivity index is 1.36. The number of hydrogen-bond acceptors (Lipinski definition) is 6. The summed E-state index contributed by atoms with van der Waals surface area (Å²) < 4.78 is 12.9. The van der Waals surface area contributed by atoms with Gasteiger partial charge in [0.2, 0.25) is 12.7 Å². The lowest BCUT2D eigenvalue weighted by Gasteiger charge is -2.15.